The van der Waals surface area contributed by atoms with Gasteiger partial charge in [0.2, 0.25) is 5.91 Å². The molecular weight excluding hydrogens is 550 g/mol. The van der Waals surface area contributed by atoms with Crippen molar-refractivity contribution in [2.75, 3.05) is 6.61 Å². The molecule has 4 unspecified atom stereocenters. The van der Waals surface area contributed by atoms with E-state index < -0.39 is 36.9 Å². The third kappa shape index (κ3) is 27.1. The molecule has 5 N–H and O–H groups in total. The Morgan fingerprint density at radius 2 is 0.955 bits per heavy atom. The van der Waals surface area contributed by atoms with E-state index in [1.54, 1.807) is 0 Å². The highest BCUT2D eigenvalue weighted by Gasteiger charge is 2.28. The van der Waals surface area contributed by atoms with Gasteiger partial charge in [0.05, 0.1) is 18.8 Å². The van der Waals surface area contributed by atoms with Crippen LogP contribution < -0.4 is 5.32 Å². The van der Waals surface area contributed by atoms with Crippen molar-refractivity contribution >= 4 is 5.91 Å². The summed E-state index contributed by atoms with van der Waals surface area (Å²) in [6.45, 7) is 3.99. The Kier molecular flexibility index (Phi) is 32.2. The van der Waals surface area contributed by atoms with Crippen LogP contribution >= 0.6 is 0 Å². The SMILES string of the molecule is CCCCC/C=C\C=C/CCCCCCCC(O)C(=O)NC(CO)C(O)C(O)CCCCCCCCCCCCCCCC. The van der Waals surface area contributed by atoms with Crippen molar-refractivity contribution in [2.45, 2.75) is 205 Å². The molecule has 0 aliphatic carbocycles. The lowest BCUT2D eigenvalue weighted by atomic mass is 9.99. The Balaban J connectivity index is 3.85. The molecule has 44 heavy (non-hydrogen) atoms. The Morgan fingerprint density at radius 3 is 1.43 bits per heavy atom. The highest BCUT2D eigenvalue weighted by molar-refractivity contribution is 5.80. The van der Waals surface area contributed by atoms with Crippen LogP contribution in [0.1, 0.15) is 181 Å². The lowest BCUT2D eigenvalue weighted by Crippen LogP contribution is -2.53. The first-order valence-electron chi connectivity index (χ1n) is 18.7. The van der Waals surface area contributed by atoms with Gasteiger partial charge in [0.1, 0.15) is 12.2 Å². The molecule has 0 saturated carbocycles. The smallest absolute Gasteiger partial charge is 0.249 e. The third-order valence-corrected chi connectivity index (χ3v) is 8.69. The molecule has 0 saturated heterocycles. The van der Waals surface area contributed by atoms with E-state index in [-0.39, 0.29) is 0 Å². The average molecular weight is 624 g/mol. The minimum Gasteiger partial charge on any atom is -0.394 e. The predicted octanol–water partition coefficient (Wildman–Crippen LogP) is 8.84. The zero-order valence-corrected chi connectivity index (χ0v) is 28.9. The van der Waals surface area contributed by atoms with E-state index in [0.29, 0.717) is 12.8 Å². The number of amides is 1. The van der Waals surface area contributed by atoms with Gasteiger partial charge in [0.15, 0.2) is 0 Å². The summed E-state index contributed by atoms with van der Waals surface area (Å²) in [5, 5.41) is 43.4. The number of nitrogens with one attached hydrogen (secondary N) is 1. The van der Waals surface area contributed by atoms with Crippen molar-refractivity contribution in [3.05, 3.63) is 24.3 Å². The zero-order valence-electron chi connectivity index (χ0n) is 28.9. The summed E-state index contributed by atoms with van der Waals surface area (Å²) in [5.41, 5.74) is 0. The van der Waals surface area contributed by atoms with Gasteiger partial charge in [0, 0.05) is 0 Å². The molecule has 0 radical (unpaired) electrons. The normalized spacial score (nSPS) is 14.8. The number of allylic oxidation sites excluding steroid dienone is 4. The van der Waals surface area contributed by atoms with Crippen LogP contribution in [-0.2, 0) is 4.79 Å². The van der Waals surface area contributed by atoms with Gasteiger partial charge < -0.3 is 25.7 Å². The van der Waals surface area contributed by atoms with Crippen LogP contribution in [-0.4, -0.2) is 57.3 Å². The zero-order chi connectivity index (χ0) is 32.5. The molecule has 0 aromatic rings. The van der Waals surface area contributed by atoms with E-state index in [1.807, 2.05) is 0 Å². The van der Waals surface area contributed by atoms with Crippen LogP contribution in [0.2, 0.25) is 0 Å². The average Bonchev–Trinajstić information content (AvgIpc) is 3.03. The van der Waals surface area contributed by atoms with Gasteiger partial charge in [-0.1, -0.05) is 167 Å². The second-order valence-electron chi connectivity index (χ2n) is 13.0. The fourth-order valence-corrected chi connectivity index (χ4v) is 5.63. The molecule has 0 heterocycles. The molecule has 4 atom stereocenters. The first kappa shape index (κ1) is 42.8. The Hall–Kier alpha value is -1.21. The van der Waals surface area contributed by atoms with E-state index in [9.17, 15) is 25.2 Å². The molecule has 0 aromatic carbocycles. The van der Waals surface area contributed by atoms with Crippen LogP contribution in [0.15, 0.2) is 24.3 Å². The minimum atomic E-state index is -1.26. The summed E-state index contributed by atoms with van der Waals surface area (Å²) in [5.74, 6) is -0.598. The highest BCUT2D eigenvalue weighted by Crippen LogP contribution is 2.16. The van der Waals surface area contributed by atoms with Crippen LogP contribution in [0.4, 0.5) is 0 Å². The summed E-state index contributed by atoms with van der Waals surface area (Å²) in [7, 11) is 0. The summed E-state index contributed by atoms with van der Waals surface area (Å²) in [6, 6.07) is -0.988. The fourth-order valence-electron chi connectivity index (χ4n) is 5.63. The highest BCUT2D eigenvalue weighted by atomic mass is 16.3. The van der Waals surface area contributed by atoms with Crippen molar-refractivity contribution in [1.29, 1.82) is 0 Å². The lowest BCUT2D eigenvalue weighted by molar-refractivity contribution is -0.132. The molecule has 0 bridgehead atoms. The number of hydrogen-bond donors (Lipinski definition) is 5. The number of unbranched alkanes of at least 4 members (excludes halogenated alkanes) is 21. The first-order valence-corrected chi connectivity index (χ1v) is 18.7. The summed E-state index contributed by atoms with van der Waals surface area (Å²) < 4.78 is 0. The number of rotatable bonds is 33. The first-order chi connectivity index (χ1) is 21.5. The van der Waals surface area contributed by atoms with Crippen LogP contribution in [0.25, 0.3) is 0 Å². The summed E-state index contributed by atoms with van der Waals surface area (Å²) >= 11 is 0. The summed E-state index contributed by atoms with van der Waals surface area (Å²) in [6.07, 6.45) is 34.7. The molecule has 0 aromatic heterocycles. The standard InChI is InChI=1S/C38H73NO5/c1-3-5-7-9-11-13-15-17-19-21-23-25-27-29-31-35(41)37(43)34(33-40)39-38(44)36(42)32-30-28-26-24-22-20-18-16-14-12-10-8-6-4-2/h12,14,16,18,34-37,40-43H,3-11,13,15,17,19-33H2,1-2H3,(H,39,44)/b14-12-,18-16-. The number of aliphatic hydroxyl groups is 4. The van der Waals surface area contributed by atoms with Gasteiger partial charge >= 0.3 is 0 Å². The summed E-state index contributed by atoms with van der Waals surface area (Å²) in [4.78, 5) is 12.4. The van der Waals surface area contributed by atoms with Crippen molar-refractivity contribution in [3.8, 4) is 0 Å². The van der Waals surface area contributed by atoms with Gasteiger partial charge in [-0.25, -0.2) is 0 Å². The number of hydrogen-bond acceptors (Lipinski definition) is 5. The Labute approximate surface area is 272 Å². The second kappa shape index (κ2) is 33.2. The molecule has 6 nitrogen and oxygen atoms in total. The van der Waals surface area contributed by atoms with Crippen molar-refractivity contribution in [2.24, 2.45) is 0 Å². The van der Waals surface area contributed by atoms with E-state index in [1.165, 1.54) is 89.9 Å². The van der Waals surface area contributed by atoms with E-state index in [2.05, 4.69) is 43.5 Å². The van der Waals surface area contributed by atoms with Crippen LogP contribution in [0.3, 0.4) is 0 Å². The van der Waals surface area contributed by atoms with Gasteiger partial charge in [0.25, 0.3) is 0 Å². The van der Waals surface area contributed by atoms with Crippen LogP contribution in [0, 0.1) is 0 Å². The van der Waals surface area contributed by atoms with E-state index in [0.717, 1.165) is 64.2 Å². The van der Waals surface area contributed by atoms with Gasteiger partial charge in [-0.2, -0.15) is 0 Å². The molecule has 0 aliphatic heterocycles. The number of aliphatic hydroxyl groups excluding tert-OH is 4. The second-order valence-corrected chi connectivity index (χ2v) is 13.0. The predicted molar refractivity (Wildman–Crippen MR) is 187 cm³/mol. The quantitative estimate of drug-likeness (QED) is 0.0371. The van der Waals surface area contributed by atoms with Gasteiger partial charge in [-0.3, -0.25) is 4.79 Å². The van der Waals surface area contributed by atoms with Gasteiger partial charge in [-0.15, -0.1) is 0 Å². The maximum atomic E-state index is 12.4. The topological polar surface area (TPSA) is 110 Å². The van der Waals surface area contributed by atoms with Crippen molar-refractivity contribution in [3.63, 3.8) is 0 Å². The number of carbonyl (C=O) groups excluding carboxylic acids is 1. The molecule has 0 spiro atoms. The molecular formula is C38H73NO5. The molecule has 0 rings (SSSR count). The monoisotopic (exact) mass is 624 g/mol. The maximum Gasteiger partial charge on any atom is 0.249 e. The van der Waals surface area contributed by atoms with Crippen molar-refractivity contribution < 1.29 is 25.2 Å². The largest absolute Gasteiger partial charge is 0.394 e. The minimum absolute atomic E-state index is 0.352. The molecule has 0 aliphatic rings. The molecule has 0 fully saturated rings. The van der Waals surface area contributed by atoms with Crippen molar-refractivity contribution in [1.82, 2.24) is 5.32 Å². The molecule has 6 heteroatoms. The van der Waals surface area contributed by atoms with Crippen LogP contribution in [0.5, 0.6) is 0 Å². The third-order valence-electron chi connectivity index (χ3n) is 8.69. The van der Waals surface area contributed by atoms with Gasteiger partial charge in [-0.05, 0) is 38.5 Å². The molecule has 260 valence electrons. The molecule has 1 amide bonds. The van der Waals surface area contributed by atoms with E-state index >= 15 is 0 Å². The van der Waals surface area contributed by atoms with E-state index in [4.69, 9.17) is 0 Å². The maximum absolute atomic E-state index is 12.4. The fraction of sp³-hybridized carbons (Fsp3) is 0.868. The Morgan fingerprint density at radius 1 is 0.568 bits per heavy atom. The lowest BCUT2D eigenvalue weighted by Gasteiger charge is -2.27. The Bertz CT molecular complexity index is 668. The number of carbonyl (C=O) groups is 1.